The topological polar surface area (TPSA) is 78.9 Å². The number of nitrogens with zero attached hydrogens (tertiary/aromatic N) is 1. The number of fused-ring (bicyclic) bond motifs is 2. The van der Waals surface area contributed by atoms with Gasteiger partial charge in [0.1, 0.15) is 0 Å². The second kappa shape index (κ2) is 9.66. The molecule has 0 aromatic heterocycles. The fourth-order valence-electron chi connectivity index (χ4n) is 4.45. The number of ether oxygens (including phenoxy) is 1. The van der Waals surface area contributed by atoms with Crippen molar-refractivity contribution in [3.63, 3.8) is 0 Å². The number of piperazine rings is 1. The highest BCUT2D eigenvalue weighted by molar-refractivity contribution is 5.98. The van der Waals surface area contributed by atoms with Crippen molar-refractivity contribution in [2.75, 3.05) is 19.7 Å². The summed E-state index contributed by atoms with van der Waals surface area (Å²) in [6, 6.07) is 8.57. The summed E-state index contributed by atoms with van der Waals surface area (Å²) in [5.41, 5.74) is 2.79. The molecule has 9 heteroatoms. The molecular weight excluding hydrogens is 437 g/mol. The Morgan fingerprint density at radius 2 is 1.85 bits per heavy atom. The second-order valence-corrected chi connectivity index (χ2v) is 8.20. The number of benzene rings is 2. The predicted molar refractivity (Wildman–Crippen MR) is 114 cm³/mol. The summed E-state index contributed by atoms with van der Waals surface area (Å²) in [5, 5.41) is 13.1. The van der Waals surface area contributed by atoms with Crippen molar-refractivity contribution >= 4 is 18.0 Å². The molecule has 2 heterocycles. The van der Waals surface area contributed by atoms with Crippen LogP contribution in [0, 0.1) is 17.5 Å². The van der Waals surface area contributed by atoms with Gasteiger partial charge in [-0.15, -0.1) is 0 Å². The summed E-state index contributed by atoms with van der Waals surface area (Å²) >= 11 is 0. The quantitative estimate of drug-likeness (QED) is 0.360. The average molecular weight is 460 g/mol. The van der Waals surface area contributed by atoms with E-state index < -0.39 is 35.2 Å². The van der Waals surface area contributed by atoms with Crippen molar-refractivity contribution < 1.29 is 32.6 Å². The molecule has 174 valence electrons. The van der Waals surface area contributed by atoms with Crippen molar-refractivity contribution in [3.8, 4) is 5.75 Å². The lowest BCUT2D eigenvalue weighted by Gasteiger charge is -2.42. The Kier molecular flexibility index (Phi) is 6.69. The summed E-state index contributed by atoms with van der Waals surface area (Å²) < 4.78 is 45.6. The van der Waals surface area contributed by atoms with Gasteiger partial charge in [-0.1, -0.05) is 24.3 Å². The van der Waals surface area contributed by atoms with E-state index in [4.69, 9.17) is 4.74 Å². The van der Waals surface area contributed by atoms with E-state index in [1.54, 1.807) is 4.90 Å². The molecule has 0 saturated carbocycles. The lowest BCUT2D eigenvalue weighted by atomic mass is 9.83. The lowest BCUT2D eigenvalue weighted by Crippen LogP contribution is -2.59. The summed E-state index contributed by atoms with van der Waals surface area (Å²) in [5.74, 6) is -5.19. The van der Waals surface area contributed by atoms with E-state index >= 15 is 0 Å². The molecule has 2 aliphatic rings. The van der Waals surface area contributed by atoms with Crippen molar-refractivity contribution in [1.29, 1.82) is 0 Å². The highest BCUT2D eigenvalue weighted by Gasteiger charge is 2.38. The van der Waals surface area contributed by atoms with E-state index in [1.807, 2.05) is 24.3 Å². The zero-order valence-corrected chi connectivity index (χ0v) is 17.7. The smallest absolute Gasteiger partial charge is 0.333 e. The Balaban J connectivity index is 1.41. The van der Waals surface area contributed by atoms with Gasteiger partial charge in [0, 0.05) is 19.1 Å². The predicted octanol–water partition coefficient (Wildman–Crippen LogP) is 3.16. The van der Waals surface area contributed by atoms with Crippen LogP contribution in [0.1, 0.15) is 24.0 Å². The summed E-state index contributed by atoms with van der Waals surface area (Å²) in [7, 11) is 0. The lowest BCUT2D eigenvalue weighted by molar-refractivity contribution is -0.133. The van der Waals surface area contributed by atoms with Gasteiger partial charge in [-0.05, 0) is 48.1 Å². The third-order valence-corrected chi connectivity index (χ3v) is 5.97. The van der Waals surface area contributed by atoms with Gasteiger partial charge in [0.15, 0.2) is 17.4 Å². The van der Waals surface area contributed by atoms with Crippen LogP contribution in [0.25, 0.3) is 5.57 Å². The Labute approximate surface area is 188 Å². The standard InChI is InChI=1S/C24H23F3N2O4/c25-18-7-8-19(26)23(22(18)27)33-9-1-2-14-3-5-15(6-4-14)17-10-16-11-29(13-30)12-20(28-16)21(17)24(31)32/h3-8,13,16,20,28H,1-2,9-12H2,(H,31,32). The van der Waals surface area contributed by atoms with Crippen molar-refractivity contribution in [1.82, 2.24) is 10.2 Å². The first-order valence-electron chi connectivity index (χ1n) is 10.6. The number of aliphatic carboxylic acids is 1. The number of carbonyl (C=O) groups is 2. The molecule has 2 bridgehead atoms. The number of rotatable bonds is 8. The minimum atomic E-state index is -1.34. The zero-order chi connectivity index (χ0) is 23.5. The maximum atomic E-state index is 13.6. The summed E-state index contributed by atoms with van der Waals surface area (Å²) in [6.07, 6.45) is 2.26. The number of hydrogen-bond donors (Lipinski definition) is 2. The van der Waals surface area contributed by atoms with Crippen molar-refractivity contribution in [2.24, 2.45) is 0 Å². The van der Waals surface area contributed by atoms with Crippen LogP contribution in [0.3, 0.4) is 0 Å². The van der Waals surface area contributed by atoms with Gasteiger partial charge in [0.05, 0.1) is 18.2 Å². The van der Waals surface area contributed by atoms with E-state index in [0.29, 0.717) is 38.4 Å². The highest BCUT2D eigenvalue weighted by atomic mass is 19.2. The van der Waals surface area contributed by atoms with Crippen LogP contribution in [0.5, 0.6) is 5.75 Å². The SMILES string of the molecule is O=CN1CC2CC(c3ccc(CCCOc4c(F)ccc(F)c4F)cc3)=C(C(=O)O)C(C1)N2. The molecule has 2 aromatic rings. The number of carbonyl (C=O) groups excluding carboxylic acids is 1. The van der Waals surface area contributed by atoms with Crippen LogP contribution in [-0.2, 0) is 16.0 Å². The summed E-state index contributed by atoms with van der Waals surface area (Å²) in [6.45, 7) is 0.853. The Morgan fingerprint density at radius 1 is 1.12 bits per heavy atom. The van der Waals surface area contributed by atoms with Crippen LogP contribution >= 0.6 is 0 Å². The molecule has 33 heavy (non-hydrogen) atoms. The van der Waals surface area contributed by atoms with E-state index in [9.17, 15) is 27.9 Å². The first kappa shape index (κ1) is 22.8. The largest absolute Gasteiger partial charge is 0.488 e. The van der Waals surface area contributed by atoms with Gasteiger partial charge >= 0.3 is 5.97 Å². The van der Waals surface area contributed by atoms with E-state index in [1.165, 1.54) is 0 Å². The van der Waals surface area contributed by atoms with Crippen LogP contribution in [0.4, 0.5) is 13.2 Å². The molecule has 2 atom stereocenters. The Bertz CT molecular complexity index is 1090. The number of halogens is 3. The molecule has 0 aliphatic carbocycles. The normalized spacial score (nSPS) is 20.0. The minimum absolute atomic E-state index is 0.00695. The fourth-order valence-corrected chi connectivity index (χ4v) is 4.45. The van der Waals surface area contributed by atoms with Crippen LogP contribution in [-0.4, -0.2) is 54.2 Å². The number of amides is 1. The maximum Gasteiger partial charge on any atom is 0.333 e. The van der Waals surface area contributed by atoms with Gasteiger partial charge in [-0.2, -0.15) is 4.39 Å². The van der Waals surface area contributed by atoms with Gasteiger partial charge in [-0.25, -0.2) is 13.6 Å². The molecule has 2 unspecified atom stereocenters. The first-order chi connectivity index (χ1) is 15.9. The number of nitrogens with one attached hydrogen (secondary N) is 1. The van der Waals surface area contributed by atoms with Crippen molar-refractivity contribution in [2.45, 2.75) is 31.3 Å². The maximum absolute atomic E-state index is 13.6. The number of hydrogen-bond acceptors (Lipinski definition) is 4. The molecule has 1 saturated heterocycles. The molecule has 1 amide bonds. The summed E-state index contributed by atoms with van der Waals surface area (Å²) in [4.78, 5) is 24.7. The molecule has 0 spiro atoms. The third kappa shape index (κ3) is 4.88. The molecule has 6 nitrogen and oxygen atoms in total. The van der Waals surface area contributed by atoms with Gasteiger partial charge in [0.2, 0.25) is 12.2 Å². The average Bonchev–Trinajstić information content (AvgIpc) is 2.80. The molecule has 1 fully saturated rings. The monoisotopic (exact) mass is 460 g/mol. The molecule has 0 radical (unpaired) electrons. The molecule has 4 rings (SSSR count). The van der Waals surface area contributed by atoms with Crippen LogP contribution in [0.15, 0.2) is 42.0 Å². The highest BCUT2D eigenvalue weighted by Crippen LogP contribution is 2.33. The third-order valence-electron chi connectivity index (χ3n) is 5.97. The number of aryl methyl sites for hydroxylation is 1. The van der Waals surface area contributed by atoms with E-state index in [0.717, 1.165) is 29.2 Å². The van der Waals surface area contributed by atoms with E-state index in [-0.39, 0.29) is 18.2 Å². The van der Waals surface area contributed by atoms with Gasteiger partial charge in [-0.3, -0.25) is 4.79 Å². The Hall–Kier alpha value is -3.33. The first-order valence-corrected chi connectivity index (χ1v) is 10.6. The molecular formula is C24H23F3N2O4. The zero-order valence-electron chi connectivity index (χ0n) is 17.7. The molecule has 2 aliphatic heterocycles. The fraction of sp³-hybridized carbons (Fsp3) is 0.333. The molecule has 2 aromatic carbocycles. The van der Waals surface area contributed by atoms with E-state index in [2.05, 4.69) is 5.32 Å². The van der Waals surface area contributed by atoms with Gasteiger partial charge < -0.3 is 20.1 Å². The van der Waals surface area contributed by atoms with Crippen LogP contribution in [0.2, 0.25) is 0 Å². The molecule has 2 N–H and O–H groups in total. The minimum Gasteiger partial charge on any atom is -0.488 e. The Morgan fingerprint density at radius 3 is 2.55 bits per heavy atom. The van der Waals surface area contributed by atoms with Gasteiger partial charge in [0.25, 0.3) is 0 Å². The number of carboxylic acid groups (broad SMARTS) is 1. The number of carboxylic acids is 1. The van der Waals surface area contributed by atoms with Crippen molar-refractivity contribution in [3.05, 3.63) is 70.5 Å². The van der Waals surface area contributed by atoms with Crippen LogP contribution < -0.4 is 10.1 Å². The second-order valence-electron chi connectivity index (χ2n) is 8.20.